The maximum absolute atomic E-state index is 13.2. The molecule has 0 heterocycles. The van der Waals surface area contributed by atoms with Crippen LogP contribution in [0.5, 0.6) is 5.75 Å². The molecule has 0 radical (unpaired) electrons. The molecule has 1 unspecified atom stereocenters. The van der Waals surface area contributed by atoms with Crippen LogP contribution in [0.4, 0.5) is 4.39 Å². The normalized spacial score (nSPS) is 12.0. The van der Waals surface area contributed by atoms with E-state index in [2.05, 4.69) is 5.32 Å². The first kappa shape index (κ1) is 17.9. The lowest BCUT2D eigenvalue weighted by molar-refractivity contribution is -0.125. The molecule has 0 aliphatic carbocycles. The molecule has 1 atom stereocenters. The number of carbonyl (C=O) groups is 1. The van der Waals surface area contributed by atoms with Crippen molar-refractivity contribution < 1.29 is 13.9 Å². The highest BCUT2D eigenvalue weighted by atomic mass is 19.1. The largest absolute Gasteiger partial charge is 0.497 e. The second kappa shape index (κ2) is 8.45. The maximum atomic E-state index is 13.2. The highest BCUT2D eigenvalue weighted by Crippen LogP contribution is 2.12. The summed E-state index contributed by atoms with van der Waals surface area (Å²) in [6.45, 7) is 2.80. The van der Waals surface area contributed by atoms with Crippen molar-refractivity contribution in [3.05, 3.63) is 65.5 Å². The first-order valence-corrected chi connectivity index (χ1v) is 7.85. The molecule has 2 aromatic carbocycles. The topological polar surface area (TPSA) is 41.6 Å². The smallest absolute Gasteiger partial charge is 0.237 e. The standard InChI is InChI=1S/C19H23FN2O2/c1-14(22(2)13-16-5-4-6-17(20)11-16)19(23)21-12-15-7-9-18(24-3)10-8-15/h4-11,14H,12-13H2,1-3H3,(H,21,23). The molecule has 4 nitrogen and oxygen atoms in total. The number of likely N-dealkylation sites (N-methyl/N-ethyl adjacent to an activating group) is 1. The summed E-state index contributed by atoms with van der Waals surface area (Å²) >= 11 is 0. The van der Waals surface area contributed by atoms with Crippen molar-refractivity contribution in [1.82, 2.24) is 10.2 Å². The number of halogens is 1. The van der Waals surface area contributed by atoms with Gasteiger partial charge in [0.25, 0.3) is 0 Å². The number of nitrogens with zero attached hydrogens (tertiary/aromatic N) is 1. The van der Waals surface area contributed by atoms with Crippen LogP contribution in [0.2, 0.25) is 0 Å². The van der Waals surface area contributed by atoms with Crippen molar-refractivity contribution in [2.45, 2.75) is 26.1 Å². The molecule has 0 bridgehead atoms. The van der Waals surface area contributed by atoms with Gasteiger partial charge in [0, 0.05) is 13.1 Å². The van der Waals surface area contributed by atoms with E-state index in [1.165, 1.54) is 12.1 Å². The average Bonchev–Trinajstić information content (AvgIpc) is 2.59. The Labute approximate surface area is 142 Å². The lowest BCUT2D eigenvalue weighted by atomic mass is 10.1. The summed E-state index contributed by atoms with van der Waals surface area (Å²) < 4.78 is 18.3. The molecule has 0 aliphatic rings. The van der Waals surface area contributed by atoms with Crippen LogP contribution in [0.3, 0.4) is 0 Å². The molecular formula is C19H23FN2O2. The summed E-state index contributed by atoms with van der Waals surface area (Å²) in [6, 6.07) is 13.7. The number of benzene rings is 2. The first-order valence-electron chi connectivity index (χ1n) is 7.85. The number of rotatable bonds is 7. The zero-order valence-corrected chi connectivity index (χ0v) is 14.3. The molecule has 0 saturated carbocycles. The minimum Gasteiger partial charge on any atom is -0.497 e. The van der Waals surface area contributed by atoms with Gasteiger partial charge in [0.15, 0.2) is 0 Å². The maximum Gasteiger partial charge on any atom is 0.237 e. The van der Waals surface area contributed by atoms with Gasteiger partial charge in [-0.2, -0.15) is 0 Å². The molecule has 24 heavy (non-hydrogen) atoms. The van der Waals surface area contributed by atoms with Crippen LogP contribution in [0.1, 0.15) is 18.1 Å². The van der Waals surface area contributed by atoms with Gasteiger partial charge in [-0.05, 0) is 49.4 Å². The minimum atomic E-state index is -0.313. The third kappa shape index (κ3) is 5.06. The zero-order chi connectivity index (χ0) is 17.5. The van der Waals surface area contributed by atoms with Gasteiger partial charge in [-0.15, -0.1) is 0 Å². The minimum absolute atomic E-state index is 0.0651. The molecule has 2 rings (SSSR count). The summed E-state index contributed by atoms with van der Waals surface area (Å²) in [6.07, 6.45) is 0. The SMILES string of the molecule is COc1ccc(CNC(=O)C(C)N(C)Cc2cccc(F)c2)cc1. The Morgan fingerprint density at radius 3 is 2.54 bits per heavy atom. The highest BCUT2D eigenvalue weighted by molar-refractivity contribution is 5.81. The Balaban J connectivity index is 1.86. The van der Waals surface area contributed by atoms with E-state index >= 15 is 0 Å². The van der Waals surface area contributed by atoms with Crippen molar-refractivity contribution in [1.29, 1.82) is 0 Å². The Bertz CT molecular complexity index is 673. The molecule has 128 valence electrons. The van der Waals surface area contributed by atoms with E-state index < -0.39 is 0 Å². The predicted molar refractivity (Wildman–Crippen MR) is 92.2 cm³/mol. The van der Waals surface area contributed by atoms with Crippen LogP contribution in [-0.4, -0.2) is 31.0 Å². The van der Waals surface area contributed by atoms with E-state index in [1.54, 1.807) is 13.2 Å². The average molecular weight is 330 g/mol. The Hall–Kier alpha value is -2.40. The van der Waals surface area contributed by atoms with Crippen molar-refractivity contribution in [3.63, 3.8) is 0 Å². The van der Waals surface area contributed by atoms with Crippen molar-refractivity contribution in [2.24, 2.45) is 0 Å². The fraction of sp³-hybridized carbons (Fsp3) is 0.316. The summed E-state index contributed by atoms with van der Waals surface area (Å²) in [5, 5.41) is 2.92. The number of amides is 1. The van der Waals surface area contributed by atoms with Gasteiger partial charge >= 0.3 is 0 Å². The van der Waals surface area contributed by atoms with Crippen molar-refractivity contribution in [2.75, 3.05) is 14.2 Å². The summed E-state index contributed by atoms with van der Waals surface area (Å²) in [7, 11) is 3.47. The number of ether oxygens (including phenoxy) is 1. The molecular weight excluding hydrogens is 307 g/mol. The molecule has 0 saturated heterocycles. The second-order valence-corrected chi connectivity index (χ2v) is 5.79. The molecule has 0 aromatic heterocycles. The third-order valence-electron chi connectivity index (χ3n) is 3.99. The van der Waals surface area contributed by atoms with E-state index in [4.69, 9.17) is 4.74 Å². The number of carbonyl (C=O) groups excluding carboxylic acids is 1. The molecule has 0 spiro atoms. The summed E-state index contributed by atoms with van der Waals surface area (Å²) in [5.74, 6) is 0.454. The summed E-state index contributed by atoms with van der Waals surface area (Å²) in [5.41, 5.74) is 1.84. The van der Waals surface area contributed by atoms with Crippen LogP contribution in [-0.2, 0) is 17.9 Å². The van der Waals surface area contributed by atoms with Gasteiger partial charge in [0.1, 0.15) is 11.6 Å². The predicted octanol–water partition coefficient (Wildman–Crippen LogP) is 2.97. The molecule has 5 heteroatoms. The Morgan fingerprint density at radius 2 is 1.92 bits per heavy atom. The number of hydrogen-bond acceptors (Lipinski definition) is 3. The van der Waals surface area contributed by atoms with Gasteiger partial charge in [-0.3, -0.25) is 9.69 Å². The first-order chi connectivity index (χ1) is 11.5. The Morgan fingerprint density at radius 1 is 1.21 bits per heavy atom. The van der Waals surface area contributed by atoms with Gasteiger partial charge in [-0.25, -0.2) is 4.39 Å². The molecule has 0 fully saturated rings. The zero-order valence-electron chi connectivity index (χ0n) is 14.3. The van der Waals surface area contributed by atoms with Gasteiger partial charge in [0.2, 0.25) is 5.91 Å². The van der Waals surface area contributed by atoms with Crippen molar-refractivity contribution in [3.8, 4) is 5.75 Å². The van der Waals surface area contributed by atoms with Crippen LogP contribution in [0, 0.1) is 5.82 Å². The number of nitrogens with one attached hydrogen (secondary N) is 1. The monoisotopic (exact) mass is 330 g/mol. The lowest BCUT2D eigenvalue weighted by Crippen LogP contribution is -2.42. The molecule has 1 amide bonds. The molecule has 2 aromatic rings. The van der Waals surface area contributed by atoms with Crippen LogP contribution >= 0.6 is 0 Å². The van der Waals surface area contributed by atoms with Crippen LogP contribution in [0.15, 0.2) is 48.5 Å². The fourth-order valence-corrected chi connectivity index (χ4v) is 2.34. The highest BCUT2D eigenvalue weighted by Gasteiger charge is 2.18. The second-order valence-electron chi connectivity index (χ2n) is 5.79. The lowest BCUT2D eigenvalue weighted by Gasteiger charge is -2.24. The van der Waals surface area contributed by atoms with Crippen LogP contribution < -0.4 is 10.1 Å². The van der Waals surface area contributed by atoms with E-state index in [0.29, 0.717) is 13.1 Å². The van der Waals surface area contributed by atoms with E-state index in [9.17, 15) is 9.18 Å². The molecule has 1 N–H and O–H groups in total. The van der Waals surface area contributed by atoms with Gasteiger partial charge < -0.3 is 10.1 Å². The Kier molecular flexibility index (Phi) is 6.32. The van der Waals surface area contributed by atoms with E-state index in [1.807, 2.05) is 49.2 Å². The van der Waals surface area contributed by atoms with Gasteiger partial charge in [-0.1, -0.05) is 24.3 Å². The quantitative estimate of drug-likeness (QED) is 0.849. The number of hydrogen-bond donors (Lipinski definition) is 1. The fourth-order valence-electron chi connectivity index (χ4n) is 2.34. The van der Waals surface area contributed by atoms with E-state index in [0.717, 1.165) is 16.9 Å². The summed E-state index contributed by atoms with van der Waals surface area (Å²) in [4.78, 5) is 14.2. The third-order valence-corrected chi connectivity index (χ3v) is 3.99. The van der Waals surface area contributed by atoms with Crippen molar-refractivity contribution >= 4 is 5.91 Å². The number of methoxy groups -OCH3 is 1. The molecule has 0 aliphatic heterocycles. The van der Waals surface area contributed by atoms with E-state index in [-0.39, 0.29) is 17.8 Å². The van der Waals surface area contributed by atoms with Gasteiger partial charge in [0.05, 0.1) is 13.2 Å². The van der Waals surface area contributed by atoms with Crippen LogP contribution in [0.25, 0.3) is 0 Å².